The van der Waals surface area contributed by atoms with E-state index >= 15 is 0 Å². The standard InChI is InChI=1S/C12H20O2/c1-8(2)3-4-12(11(13)14)6-9-5-10(9)7-12/h8-10H,3-7H2,1-2H3,(H,13,14). The number of fused-ring (bicyclic) bond motifs is 1. The summed E-state index contributed by atoms with van der Waals surface area (Å²) in [6.45, 7) is 4.34. The number of carboxylic acids is 1. The van der Waals surface area contributed by atoms with Crippen LogP contribution in [0.3, 0.4) is 0 Å². The molecular formula is C12H20O2. The fourth-order valence-electron chi connectivity index (χ4n) is 2.95. The molecule has 2 heteroatoms. The summed E-state index contributed by atoms with van der Waals surface area (Å²) in [6.07, 6.45) is 5.18. The van der Waals surface area contributed by atoms with Crippen LogP contribution in [0.25, 0.3) is 0 Å². The van der Waals surface area contributed by atoms with Crippen LogP contribution in [0.4, 0.5) is 0 Å². The van der Waals surface area contributed by atoms with Crippen LogP contribution in [0.1, 0.15) is 46.0 Å². The summed E-state index contributed by atoms with van der Waals surface area (Å²) < 4.78 is 0. The van der Waals surface area contributed by atoms with E-state index in [1.165, 1.54) is 6.42 Å². The Kier molecular flexibility index (Phi) is 2.32. The fourth-order valence-corrected chi connectivity index (χ4v) is 2.95. The molecule has 2 fully saturated rings. The van der Waals surface area contributed by atoms with Crippen LogP contribution < -0.4 is 0 Å². The van der Waals surface area contributed by atoms with E-state index < -0.39 is 5.97 Å². The first-order valence-corrected chi connectivity index (χ1v) is 5.77. The van der Waals surface area contributed by atoms with Crippen LogP contribution in [0.15, 0.2) is 0 Å². The summed E-state index contributed by atoms with van der Waals surface area (Å²) in [5.41, 5.74) is -0.335. The molecule has 0 radical (unpaired) electrons. The van der Waals surface area contributed by atoms with Crippen LogP contribution in [-0.2, 0) is 4.79 Å². The van der Waals surface area contributed by atoms with Crippen LogP contribution in [0.2, 0.25) is 0 Å². The maximum absolute atomic E-state index is 11.3. The second-order valence-electron chi connectivity index (χ2n) is 5.68. The largest absolute Gasteiger partial charge is 0.481 e. The topological polar surface area (TPSA) is 37.3 Å². The Labute approximate surface area is 85.7 Å². The summed E-state index contributed by atoms with van der Waals surface area (Å²) >= 11 is 0. The molecule has 1 N–H and O–H groups in total. The van der Waals surface area contributed by atoms with Gasteiger partial charge in [0, 0.05) is 0 Å². The lowest BCUT2D eigenvalue weighted by molar-refractivity contribution is -0.150. The molecule has 2 unspecified atom stereocenters. The van der Waals surface area contributed by atoms with Gasteiger partial charge in [0.1, 0.15) is 0 Å². The molecular weight excluding hydrogens is 176 g/mol. The molecule has 80 valence electrons. The number of rotatable bonds is 4. The van der Waals surface area contributed by atoms with Crippen LogP contribution in [-0.4, -0.2) is 11.1 Å². The Balaban J connectivity index is 1.97. The van der Waals surface area contributed by atoms with Crippen molar-refractivity contribution < 1.29 is 9.90 Å². The molecule has 0 bridgehead atoms. The molecule has 0 aromatic rings. The maximum atomic E-state index is 11.3. The van der Waals surface area contributed by atoms with E-state index in [0.29, 0.717) is 5.92 Å². The minimum Gasteiger partial charge on any atom is -0.481 e. The Morgan fingerprint density at radius 1 is 1.43 bits per heavy atom. The molecule has 0 aromatic carbocycles. The van der Waals surface area contributed by atoms with Crippen molar-refractivity contribution in [1.29, 1.82) is 0 Å². The van der Waals surface area contributed by atoms with E-state index in [4.69, 9.17) is 0 Å². The minimum absolute atomic E-state index is 0.335. The second-order valence-corrected chi connectivity index (χ2v) is 5.68. The van der Waals surface area contributed by atoms with E-state index in [1.54, 1.807) is 0 Å². The molecule has 0 heterocycles. The zero-order valence-corrected chi connectivity index (χ0v) is 9.12. The predicted octanol–water partition coefficient (Wildman–Crippen LogP) is 2.92. The third-order valence-corrected chi connectivity index (χ3v) is 4.03. The molecule has 2 saturated carbocycles. The summed E-state index contributed by atoms with van der Waals surface area (Å²) in [5, 5.41) is 9.31. The molecule has 0 spiro atoms. The Bertz CT molecular complexity index is 235. The van der Waals surface area contributed by atoms with E-state index in [0.717, 1.165) is 37.5 Å². The highest BCUT2D eigenvalue weighted by molar-refractivity contribution is 5.75. The van der Waals surface area contributed by atoms with Gasteiger partial charge in [-0.05, 0) is 49.9 Å². The van der Waals surface area contributed by atoms with Crippen molar-refractivity contribution in [2.24, 2.45) is 23.2 Å². The molecule has 0 saturated heterocycles. The lowest BCUT2D eigenvalue weighted by atomic mass is 9.77. The van der Waals surface area contributed by atoms with Crippen molar-refractivity contribution in [2.45, 2.75) is 46.0 Å². The molecule has 0 aromatic heterocycles. The fraction of sp³-hybridized carbons (Fsp3) is 0.917. The van der Waals surface area contributed by atoms with Gasteiger partial charge in [-0.15, -0.1) is 0 Å². The van der Waals surface area contributed by atoms with Crippen molar-refractivity contribution in [1.82, 2.24) is 0 Å². The summed E-state index contributed by atoms with van der Waals surface area (Å²) in [5.74, 6) is 1.62. The van der Waals surface area contributed by atoms with E-state index in [2.05, 4.69) is 13.8 Å². The smallest absolute Gasteiger partial charge is 0.309 e. The predicted molar refractivity (Wildman–Crippen MR) is 55.0 cm³/mol. The van der Waals surface area contributed by atoms with E-state index in [1.807, 2.05) is 0 Å². The normalized spacial score (nSPS) is 39.9. The Morgan fingerprint density at radius 2 is 2.00 bits per heavy atom. The number of hydrogen-bond donors (Lipinski definition) is 1. The summed E-state index contributed by atoms with van der Waals surface area (Å²) in [6, 6.07) is 0. The van der Waals surface area contributed by atoms with Gasteiger partial charge in [-0.2, -0.15) is 0 Å². The quantitative estimate of drug-likeness (QED) is 0.750. The number of carboxylic acid groups (broad SMARTS) is 1. The average molecular weight is 196 g/mol. The first-order chi connectivity index (χ1) is 6.53. The van der Waals surface area contributed by atoms with E-state index in [-0.39, 0.29) is 5.41 Å². The van der Waals surface area contributed by atoms with Gasteiger partial charge in [0.2, 0.25) is 0 Å². The van der Waals surface area contributed by atoms with Crippen LogP contribution in [0, 0.1) is 23.2 Å². The van der Waals surface area contributed by atoms with Crippen LogP contribution in [0.5, 0.6) is 0 Å². The van der Waals surface area contributed by atoms with Gasteiger partial charge in [0.25, 0.3) is 0 Å². The molecule has 2 aliphatic carbocycles. The van der Waals surface area contributed by atoms with Gasteiger partial charge in [0.05, 0.1) is 5.41 Å². The summed E-state index contributed by atoms with van der Waals surface area (Å²) in [4.78, 5) is 11.3. The van der Waals surface area contributed by atoms with Crippen molar-refractivity contribution in [3.05, 3.63) is 0 Å². The van der Waals surface area contributed by atoms with E-state index in [9.17, 15) is 9.90 Å². The first kappa shape index (κ1) is 10.0. The molecule has 0 amide bonds. The molecule has 2 atom stereocenters. The lowest BCUT2D eigenvalue weighted by Crippen LogP contribution is -2.29. The third kappa shape index (κ3) is 1.67. The maximum Gasteiger partial charge on any atom is 0.309 e. The summed E-state index contributed by atoms with van der Waals surface area (Å²) in [7, 11) is 0. The Morgan fingerprint density at radius 3 is 2.43 bits per heavy atom. The molecule has 0 aliphatic heterocycles. The van der Waals surface area contributed by atoms with Crippen molar-refractivity contribution >= 4 is 5.97 Å². The zero-order valence-electron chi connectivity index (χ0n) is 9.12. The van der Waals surface area contributed by atoms with Crippen molar-refractivity contribution in [3.63, 3.8) is 0 Å². The minimum atomic E-state index is -0.537. The SMILES string of the molecule is CC(C)CCC1(C(=O)O)CC2CC2C1. The van der Waals surface area contributed by atoms with Crippen LogP contribution >= 0.6 is 0 Å². The number of aliphatic carboxylic acids is 1. The highest BCUT2D eigenvalue weighted by atomic mass is 16.4. The Hall–Kier alpha value is -0.530. The number of hydrogen-bond acceptors (Lipinski definition) is 1. The van der Waals surface area contributed by atoms with Gasteiger partial charge in [-0.1, -0.05) is 13.8 Å². The van der Waals surface area contributed by atoms with Gasteiger partial charge in [0.15, 0.2) is 0 Å². The lowest BCUT2D eigenvalue weighted by Gasteiger charge is -2.26. The molecule has 2 aliphatic rings. The van der Waals surface area contributed by atoms with Gasteiger partial charge >= 0.3 is 5.97 Å². The highest BCUT2D eigenvalue weighted by Gasteiger charge is 2.56. The van der Waals surface area contributed by atoms with Crippen molar-refractivity contribution in [2.75, 3.05) is 0 Å². The highest BCUT2D eigenvalue weighted by Crippen LogP contribution is 2.61. The first-order valence-electron chi connectivity index (χ1n) is 5.77. The van der Waals surface area contributed by atoms with Crippen molar-refractivity contribution in [3.8, 4) is 0 Å². The monoisotopic (exact) mass is 196 g/mol. The number of carbonyl (C=O) groups is 1. The molecule has 2 rings (SSSR count). The van der Waals surface area contributed by atoms with Gasteiger partial charge in [-0.25, -0.2) is 0 Å². The average Bonchev–Trinajstić information content (AvgIpc) is 2.71. The van der Waals surface area contributed by atoms with Gasteiger partial charge in [-0.3, -0.25) is 4.79 Å². The molecule has 14 heavy (non-hydrogen) atoms. The van der Waals surface area contributed by atoms with Gasteiger partial charge < -0.3 is 5.11 Å². The third-order valence-electron chi connectivity index (χ3n) is 4.03. The molecule has 2 nitrogen and oxygen atoms in total. The zero-order chi connectivity index (χ0) is 10.3. The second kappa shape index (κ2) is 3.25.